The van der Waals surface area contributed by atoms with Crippen LogP contribution in [0.15, 0.2) is 24.3 Å². The number of para-hydroxylation sites is 1. The maximum atomic E-state index is 9.09. The summed E-state index contributed by atoms with van der Waals surface area (Å²) in [6, 6.07) is 9.04. The van der Waals surface area contributed by atoms with E-state index in [4.69, 9.17) is 15.5 Å². The Hall–Kier alpha value is -1.57. The van der Waals surface area contributed by atoms with Gasteiger partial charge in [-0.05, 0) is 12.1 Å². The molecule has 1 unspecified atom stereocenters. The van der Waals surface area contributed by atoms with Crippen molar-refractivity contribution in [3.63, 3.8) is 0 Å². The molecule has 0 aliphatic rings. The lowest BCUT2D eigenvalue weighted by atomic mass is 10.2. The molecule has 74 valence electrons. The highest BCUT2D eigenvalue weighted by atomic mass is 16.3. The van der Waals surface area contributed by atoms with E-state index in [2.05, 4.69) is 5.32 Å². The van der Waals surface area contributed by atoms with Gasteiger partial charge in [0.25, 0.3) is 0 Å². The Bertz CT molecular complexity index is 333. The van der Waals surface area contributed by atoms with Crippen LogP contribution in [0.2, 0.25) is 0 Å². The number of anilines is 1. The molecule has 1 aromatic carbocycles. The highest BCUT2D eigenvalue weighted by molar-refractivity contribution is 5.57. The van der Waals surface area contributed by atoms with Crippen molar-refractivity contribution in [1.82, 2.24) is 0 Å². The number of nitrogens with zero attached hydrogens (tertiary/aromatic N) is 1. The van der Waals surface area contributed by atoms with Crippen LogP contribution in [0.1, 0.15) is 5.56 Å². The monoisotopic (exact) mass is 192 g/mol. The molecule has 4 heteroatoms. The molecule has 4 nitrogen and oxygen atoms in total. The van der Waals surface area contributed by atoms with Gasteiger partial charge in [0.15, 0.2) is 0 Å². The molecule has 0 amide bonds. The van der Waals surface area contributed by atoms with Gasteiger partial charge in [0.05, 0.1) is 24.0 Å². The van der Waals surface area contributed by atoms with E-state index in [0.717, 1.165) is 0 Å². The SMILES string of the molecule is N#Cc1ccccc1NCC(O)CO. The fraction of sp³-hybridized carbons (Fsp3) is 0.300. The molecule has 0 radical (unpaired) electrons. The minimum absolute atomic E-state index is 0.231. The van der Waals surface area contributed by atoms with E-state index in [1.807, 2.05) is 6.07 Å². The van der Waals surface area contributed by atoms with Crippen molar-refractivity contribution in [1.29, 1.82) is 5.26 Å². The Labute approximate surface area is 82.4 Å². The van der Waals surface area contributed by atoms with E-state index in [1.165, 1.54) is 0 Å². The van der Waals surface area contributed by atoms with Gasteiger partial charge in [-0.25, -0.2) is 0 Å². The van der Waals surface area contributed by atoms with Crippen molar-refractivity contribution >= 4 is 5.69 Å². The van der Waals surface area contributed by atoms with E-state index in [0.29, 0.717) is 11.3 Å². The first-order valence-corrected chi connectivity index (χ1v) is 4.30. The molecular weight excluding hydrogens is 180 g/mol. The summed E-state index contributed by atoms with van der Waals surface area (Å²) < 4.78 is 0. The van der Waals surface area contributed by atoms with Gasteiger partial charge in [-0.2, -0.15) is 5.26 Å². The Morgan fingerprint density at radius 2 is 2.14 bits per heavy atom. The highest BCUT2D eigenvalue weighted by Crippen LogP contribution is 2.12. The molecular formula is C10H12N2O2. The molecule has 3 N–H and O–H groups in total. The largest absolute Gasteiger partial charge is 0.394 e. The standard InChI is InChI=1S/C10H12N2O2/c11-5-8-3-1-2-4-10(8)12-6-9(14)7-13/h1-4,9,12-14H,6-7H2. The summed E-state index contributed by atoms with van der Waals surface area (Å²) >= 11 is 0. The highest BCUT2D eigenvalue weighted by Gasteiger charge is 2.03. The maximum Gasteiger partial charge on any atom is 0.101 e. The first-order valence-electron chi connectivity index (χ1n) is 4.30. The van der Waals surface area contributed by atoms with E-state index in [-0.39, 0.29) is 13.2 Å². The molecule has 0 saturated heterocycles. The molecule has 0 aliphatic carbocycles. The summed E-state index contributed by atoms with van der Waals surface area (Å²) in [5.41, 5.74) is 1.19. The summed E-state index contributed by atoms with van der Waals surface area (Å²) in [5.74, 6) is 0. The van der Waals surface area contributed by atoms with Crippen LogP contribution in [0.5, 0.6) is 0 Å². The van der Waals surface area contributed by atoms with Gasteiger partial charge in [0.2, 0.25) is 0 Å². The van der Waals surface area contributed by atoms with Crippen LogP contribution in [0, 0.1) is 11.3 Å². The quantitative estimate of drug-likeness (QED) is 0.642. The third kappa shape index (κ3) is 2.73. The molecule has 1 atom stereocenters. The van der Waals surface area contributed by atoms with Crippen LogP contribution in [0.4, 0.5) is 5.69 Å². The maximum absolute atomic E-state index is 9.09. The third-order valence-electron chi connectivity index (χ3n) is 1.79. The van der Waals surface area contributed by atoms with Crippen LogP contribution in [-0.2, 0) is 0 Å². The molecule has 0 spiro atoms. The minimum atomic E-state index is -0.804. The molecule has 0 saturated carbocycles. The number of nitriles is 1. The predicted molar refractivity (Wildman–Crippen MR) is 52.7 cm³/mol. The number of rotatable bonds is 4. The number of hydrogen-bond acceptors (Lipinski definition) is 4. The van der Waals surface area contributed by atoms with Crippen molar-refractivity contribution < 1.29 is 10.2 Å². The summed E-state index contributed by atoms with van der Waals surface area (Å²) in [7, 11) is 0. The topological polar surface area (TPSA) is 76.3 Å². The number of benzene rings is 1. The molecule has 0 aromatic heterocycles. The van der Waals surface area contributed by atoms with Crippen molar-refractivity contribution in [3.05, 3.63) is 29.8 Å². The van der Waals surface area contributed by atoms with Gasteiger partial charge in [0, 0.05) is 6.54 Å². The van der Waals surface area contributed by atoms with Crippen LogP contribution in [-0.4, -0.2) is 29.5 Å². The van der Waals surface area contributed by atoms with Gasteiger partial charge >= 0.3 is 0 Å². The molecule has 0 aliphatic heterocycles. The van der Waals surface area contributed by atoms with E-state index >= 15 is 0 Å². The van der Waals surface area contributed by atoms with Gasteiger partial charge in [-0.1, -0.05) is 12.1 Å². The van der Waals surface area contributed by atoms with E-state index in [9.17, 15) is 0 Å². The zero-order chi connectivity index (χ0) is 10.4. The second-order valence-electron chi connectivity index (χ2n) is 2.87. The van der Waals surface area contributed by atoms with Crippen molar-refractivity contribution in [2.75, 3.05) is 18.5 Å². The molecule has 0 heterocycles. The summed E-state index contributed by atoms with van der Waals surface area (Å²) in [6.45, 7) is -0.0586. The summed E-state index contributed by atoms with van der Waals surface area (Å²) in [4.78, 5) is 0. The Balaban J connectivity index is 2.63. The lowest BCUT2D eigenvalue weighted by Gasteiger charge is -2.10. The fourth-order valence-electron chi connectivity index (χ4n) is 1.03. The van der Waals surface area contributed by atoms with Gasteiger partial charge in [-0.3, -0.25) is 0 Å². The molecule has 1 rings (SSSR count). The second kappa shape index (κ2) is 5.22. The smallest absolute Gasteiger partial charge is 0.101 e. The minimum Gasteiger partial charge on any atom is -0.394 e. The van der Waals surface area contributed by atoms with E-state index in [1.54, 1.807) is 24.3 Å². The van der Waals surface area contributed by atoms with Crippen LogP contribution < -0.4 is 5.32 Å². The van der Waals surface area contributed by atoms with Crippen LogP contribution >= 0.6 is 0 Å². The number of hydrogen-bond donors (Lipinski definition) is 3. The lowest BCUT2D eigenvalue weighted by molar-refractivity contribution is 0.105. The Morgan fingerprint density at radius 3 is 2.79 bits per heavy atom. The Kier molecular flexibility index (Phi) is 3.92. The third-order valence-corrected chi connectivity index (χ3v) is 1.79. The van der Waals surface area contributed by atoms with Crippen molar-refractivity contribution in [2.24, 2.45) is 0 Å². The van der Waals surface area contributed by atoms with Crippen LogP contribution in [0.3, 0.4) is 0 Å². The molecule has 1 aromatic rings. The Morgan fingerprint density at radius 1 is 1.43 bits per heavy atom. The fourth-order valence-corrected chi connectivity index (χ4v) is 1.03. The zero-order valence-corrected chi connectivity index (χ0v) is 7.64. The summed E-state index contributed by atoms with van der Waals surface area (Å²) in [5, 5.41) is 29.3. The van der Waals surface area contributed by atoms with Gasteiger partial charge in [0.1, 0.15) is 6.07 Å². The number of aliphatic hydroxyl groups excluding tert-OH is 2. The van der Waals surface area contributed by atoms with Gasteiger partial charge < -0.3 is 15.5 Å². The average Bonchev–Trinajstić information content (AvgIpc) is 2.26. The van der Waals surface area contributed by atoms with Crippen molar-refractivity contribution in [2.45, 2.75) is 6.10 Å². The van der Waals surface area contributed by atoms with E-state index < -0.39 is 6.10 Å². The molecule has 0 fully saturated rings. The zero-order valence-electron chi connectivity index (χ0n) is 7.64. The van der Waals surface area contributed by atoms with Crippen LogP contribution in [0.25, 0.3) is 0 Å². The second-order valence-corrected chi connectivity index (χ2v) is 2.87. The average molecular weight is 192 g/mol. The first kappa shape index (κ1) is 10.5. The normalized spacial score (nSPS) is 11.8. The number of nitrogens with one attached hydrogen (secondary N) is 1. The first-order chi connectivity index (χ1) is 6.77. The summed E-state index contributed by atoms with van der Waals surface area (Å²) in [6.07, 6.45) is -0.804. The number of aliphatic hydroxyl groups is 2. The lowest BCUT2D eigenvalue weighted by Crippen LogP contribution is -2.23. The predicted octanol–water partition coefficient (Wildman–Crippen LogP) is 0.323. The molecule has 14 heavy (non-hydrogen) atoms. The van der Waals surface area contributed by atoms with Crippen molar-refractivity contribution in [3.8, 4) is 6.07 Å². The molecule has 0 bridgehead atoms. The van der Waals surface area contributed by atoms with Gasteiger partial charge in [-0.15, -0.1) is 0 Å².